The molecule has 14 nitrogen and oxygen atoms in total. The molecule has 44 heavy (non-hydrogen) atoms. The number of hydrogen-bond donors (Lipinski definition) is 9. The zero-order valence-corrected chi connectivity index (χ0v) is 22.6. The highest BCUT2D eigenvalue weighted by Crippen LogP contribution is 2.43. The third-order valence-corrected chi connectivity index (χ3v) is 6.89. The van der Waals surface area contributed by atoms with E-state index in [1.165, 1.54) is 48.6 Å². The van der Waals surface area contributed by atoms with Gasteiger partial charge in [-0.05, 0) is 48.0 Å². The van der Waals surface area contributed by atoms with Gasteiger partial charge in [0, 0.05) is 23.8 Å². The van der Waals surface area contributed by atoms with Gasteiger partial charge in [0.25, 0.3) is 6.29 Å². The Bertz CT molecular complexity index is 1700. The van der Waals surface area contributed by atoms with Crippen molar-refractivity contribution in [3.8, 4) is 57.1 Å². The molecule has 3 aliphatic rings. The number of phenolic OH excluding ortho intramolecular Hbond substituents is 5. The first kappa shape index (κ1) is 30.6. The Kier molecular flexibility index (Phi) is 8.64. The Hall–Kier alpha value is -4.83. The molecule has 2 aromatic carbocycles. The van der Waals surface area contributed by atoms with Crippen LogP contribution in [0.1, 0.15) is 5.56 Å². The lowest BCUT2D eigenvalue weighted by atomic mass is 9.99. The number of rotatable bonds is 8. The topological polar surface area (TPSA) is 244 Å². The van der Waals surface area contributed by atoms with Crippen LogP contribution in [-0.2, 0) is 4.74 Å². The molecule has 1 aliphatic carbocycles. The number of phenols is 5. The summed E-state index contributed by atoms with van der Waals surface area (Å²) in [7, 11) is 0. The number of aromatic hydroxyl groups is 5. The molecule has 2 aromatic rings. The van der Waals surface area contributed by atoms with Crippen LogP contribution in [0.4, 0.5) is 0 Å². The zero-order valence-electron chi connectivity index (χ0n) is 22.6. The van der Waals surface area contributed by atoms with E-state index in [1.54, 1.807) is 0 Å². The molecule has 14 heteroatoms. The maximum Gasteiger partial charge on any atom is 0.283 e. The molecule has 0 saturated carbocycles. The molecule has 0 spiro atoms. The van der Waals surface area contributed by atoms with Crippen LogP contribution in [0.2, 0.25) is 0 Å². The molecule has 1 fully saturated rings. The van der Waals surface area contributed by atoms with Crippen molar-refractivity contribution in [2.45, 2.75) is 37.0 Å². The van der Waals surface area contributed by atoms with E-state index in [1.807, 2.05) is 0 Å². The van der Waals surface area contributed by atoms with Gasteiger partial charge in [0.1, 0.15) is 29.8 Å². The number of fused-ring (bicyclic) bond motifs is 1. The maximum atomic E-state index is 12.0. The molecule has 0 amide bonds. The van der Waals surface area contributed by atoms with Gasteiger partial charge in [0.15, 0.2) is 52.6 Å². The van der Waals surface area contributed by atoms with Crippen LogP contribution in [0, 0.1) is 0 Å². The minimum absolute atomic E-state index is 0.0423. The monoisotopic (exact) mass is 613 g/mol. The van der Waals surface area contributed by atoms with E-state index in [0.717, 1.165) is 18.2 Å². The zero-order chi connectivity index (χ0) is 31.7. The van der Waals surface area contributed by atoms with Gasteiger partial charge in [-0.3, -0.25) is 4.79 Å². The highest BCUT2D eigenvalue weighted by Gasteiger charge is 2.47. The predicted molar refractivity (Wildman–Crippen MR) is 151 cm³/mol. The van der Waals surface area contributed by atoms with Crippen molar-refractivity contribution < 1.29 is 64.6 Å². The van der Waals surface area contributed by atoms with Gasteiger partial charge < -0.3 is 64.6 Å². The van der Waals surface area contributed by atoms with Crippen LogP contribution in [-0.4, -0.2) is 94.3 Å². The number of aliphatic hydroxyl groups is 6. The minimum Gasteiger partial charge on any atom is -0.507 e. The van der Waals surface area contributed by atoms with E-state index in [0.29, 0.717) is 5.56 Å². The molecule has 6 unspecified atom stereocenters. The molecule has 2 heterocycles. The quantitative estimate of drug-likeness (QED) is 0.0755. The van der Waals surface area contributed by atoms with Gasteiger partial charge in [0.2, 0.25) is 6.29 Å². The summed E-state index contributed by atoms with van der Waals surface area (Å²) >= 11 is 0. The SMILES string of the molecule is O=c1cc2oc(-c3ccc(O)c(O)c3)c(OC3OC(C[OH+]C(O)C=Cc4ccc(O)c(O)c4)C(O)C(O)C3O)cc-2c(O)c1. The molecule has 5 rings (SSSR count). The van der Waals surface area contributed by atoms with E-state index < -0.39 is 59.7 Å². The fourth-order valence-electron chi connectivity index (χ4n) is 4.53. The van der Waals surface area contributed by atoms with Gasteiger partial charge in [-0.15, -0.1) is 0 Å². The Balaban J connectivity index is 1.39. The van der Waals surface area contributed by atoms with Crippen LogP contribution in [0.5, 0.6) is 34.5 Å². The first-order valence-electron chi connectivity index (χ1n) is 13.2. The van der Waals surface area contributed by atoms with Gasteiger partial charge >= 0.3 is 0 Å². The summed E-state index contributed by atoms with van der Waals surface area (Å²) in [4.78, 5) is 12.0. The molecule has 0 bridgehead atoms. The van der Waals surface area contributed by atoms with Gasteiger partial charge in [-0.2, -0.15) is 0 Å². The number of ether oxygens (including phenoxy) is 3. The van der Waals surface area contributed by atoms with Gasteiger partial charge in [-0.25, -0.2) is 0 Å². The van der Waals surface area contributed by atoms with Crippen molar-refractivity contribution in [3.05, 3.63) is 76.5 Å². The molecule has 6 atom stereocenters. The van der Waals surface area contributed by atoms with E-state index in [-0.39, 0.29) is 46.5 Å². The lowest BCUT2D eigenvalue weighted by molar-refractivity contribution is -0.303. The lowest BCUT2D eigenvalue weighted by Gasteiger charge is -2.39. The molecular weight excluding hydrogens is 584 g/mol. The highest BCUT2D eigenvalue weighted by atomic mass is 16.7. The molecule has 1 saturated heterocycles. The number of hydrogen-bond acceptors (Lipinski definition) is 13. The predicted octanol–water partition coefficient (Wildman–Crippen LogP) is 0.686. The van der Waals surface area contributed by atoms with E-state index in [9.17, 15) is 50.8 Å². The summed E-state index contributed by atoms with van der Waals surface area (Å²) < 4.78 is 21.4. The van der Waals surface area contributed by atoms with Crippen LogP contribution < -0.4 is 10.2 Å². The largest absolute Gasteiger partial charge is 0.507 e. The second-order valence-electron chi connectivity index (χ2n) is 10.0. The Morgan fingerprint density at radius 3 is 2.23 bits per heavy atom. The van der Waals surface area contributed by atoms with Crippen LogP contribution >= 0.6 is 0 Å². The molecular formula is C30H29O14+. The Labute approximate surface area is 248 Å². The van der Waals surface area contributed by atoms with Gasteiger partial charge in [0.05, 0.1) is 5.56 Å². The fourth-order valence-corrected chi connectivity index (χ4v) is 4.53. The van der Waals surface area contributed by atoms with Crippen molar-refractivity contribution in [2.24, 2.45) is 0 Å². The minimum atomic E-state index is -1.80. The van der Waals surface area contributed by atoms with Gasteiger partial charge in [-0.1, -0.05) is 6.07 Å². The van der Waals surface area contributed by atoms with Crippen molar-refractivity contribution in [2.75, 3.05) is 6.61 Å². The molecule has 2 aliphatic heterocycles. The highest BCUT2D eigenvalue weighted by molar-refractivity contribution is 5.76. The van der Waals surface area contributed by atoms with E-state index in [4.69, 9.17) is 13.9 Å². The summed E-state index contributed by atoms with van der Waals surface area (Å²) in [6.07, 6.45) is -6.89. The average Bonchev–Trinajstić information content (AvgIpc) is 2.98. The standard InChI is InChI=1S/C30H28O14/c31-15-9-19(34)16-11-23(29(42-22(16)10-15)14-3-5-18(33)21(36)8-14)43-30-28(40)27(39)26(38)24(44-30)12-41-25(37)6-2-13-1-4-17(32)20(35)7-13/h1-11,24-28,30,32-40H,12H2/p+1. The third-order valence-electron chi connectivity index (χ3n) is 6.89. The Morgan fingerprint density at radius 1 is 0.818 bits per heavy atom. The summed E-state index contributed by atoms with van der Waals surface area (Å²) in [5, 5.41) is 91.2. The first-order chi connectivity index (χ1) is 20.9. The number of aliphatic hydroxyl groups excluding tert-OH is 4. The van der Waals surface area contributed by atoms with Crippen molar-refractivity contribution in [1.29, 1.82) is 0 Å². The Morgan fingerprint density at radius 2 is 1.52 bits per heavy atom. The number of benzene rings is 3. The van der Waals surface area contributed by atoms with Crippen molar-refractivity contribution >= 4 is 6.08 Å². The van der Waals surface area contributed by atoms with E-state index >= 15 is 0 Å². The fraction of sp³-hybridized carbons (Fsp3) is 0.233. The van der Waals surface area contributed by atoms with Crippen LogP contribution in [0.3, 0.4) is 0 Å². The smallest absolute Gasteiger partial charge is 0.283 e. The second kappa shape index (κ2) is 12.4. The second-order valence-corrected chi connectivity index (χ2v) is 10.0. The summed E-state index contributed by atoms with van der Waals surface area (Å²) in [5.74, 6) is -2.39. The maximum absolute atomic E-state index is 12.0. The summed E-state index contributed by atoms with van der Waals surface area (Å²) in [6, 6.07) is 11.0. The summed E-state index contributed by atoms with van der Waals surface area (Å²) in [6.45, 7) is -0.370. The first-order valence-corrected chi connectivity index (χ1v) is 13.2. The lowest BCUT2D eigenvalue weighted by Crippen LogP contribution is -2.60. The van der Waals surface area contributed by atoms with E-state index in [2.05, 4.69) is 4.74 Å². The van der Waals surface area contributed by atoms with Crippen LogP contribution in [0.25, 0.3) is 28.7 Å². The van der Waals surface area contributed by atoms with Crippen molar-refractivity contribution in [3.63, 3.8) is 0 Å². The normalized spacial score (nSPS) is 22.8. The molecule has 0 aromatic heterocycles. The summed E-state index contributed by atoms with van der Waals surface area (Å²) in [5.41, 5.74) is 0.0920. The molecule has 232 valence electrons. The third kappa shape index (κ3) is 6.40. The van der Waals surface area contributed by atoms with Crippen molar-refractivity contribution in [1.82, 2.24) is 0 Å². The molecule has 10 N–H and O–H groups in total. The molecule has 0 radical (unpaired) electrons. The average molecular weight is 614 g/mol. The van der Waals surface area contributed by atoms with Crippen LogP contribution in [0.15, 0.2) is 69.9 Å².